The predicted octanol–water partition coefficient (Wildman–Crippen LogP) is 3.26. The third-order valence-corrected chi connectivity index (χ3v) is 10.1. The zero-order valence-electron chi connectivity index (χ0n) is 28.8. The number of nitrogens with zero attached hydrogens (tertiary/aromatic N) is 3. The molecule has 4 aliphatic heterocycles. The molecule has 2 bridgehead atoms. The standard InChI is InChI=1S/C35H43N5O9/c1-16(2)49-35(43)38-19(5)34(42)37-13-25-27-21(29(41)18(4)31-33(27)48-15-47-31)11-23-28-26-20(10-22(39(28)6)24(12-36)40(23)25)9-17(3)30(45-8)32(26)46-14-44-7/h9,19,22-25,28,41H,1,10-11,13-15H2,2-8H3,(H,37,42)(H,38,43)/t19?,22?,23-,24-,25?,28?/m0/s1. The average Bonchev–Trinajstić information content (AvgIpc) is 3.54. The maximum absolute atomic E-state index is 13.4. The first-order valence-corrected chi connectivity index (χ1v) is 16.2. The van der Waals surface area contributed by atoms with E-state index in [4.69, 9.17) is 28.4 Å². The van der Waals surface area contributed by atoms with Crippen molar-refractivity contribution in [2.45, 2.75) is 76.8 Å². The molecule has 14 heteroatoms. The molecule has 1 fully saturated rings. The molecule has 49 heavy (non-hydrogen) atoms. The summed E-state index contributed by atoms with van der Waals surface area (Å²) in [5.41, 5.74) is 4.77. The summed E-state index contributed by atoms with van der Waals surface area (Å²) in [5.74, 6) is 1.91. The van der Waals surface area contributed by atoms with Gasteiger partial charge in [0.15, 0.2) is 29.8 Å². The Hall–Kier alpha value is -4.71. The highest BCUT2D eigenvalue weighted by Crippen LogP contribution is 2.58. The van der Waals surface area contributed by atoms with Gasteiger partial charge in [0.2, 0.25) is 12.7 Å². The van der Waals surface area contributed by atoms with E-state index < -0.39 is 30.1 Å². The van der Waals surface area contributed by atoms with Crippen molar-refractivity contribution in [3.05, 3.63) is 51.8 Å². The van der Waals surface area contributed by atoms with Gasteiger partial charge in [0.25, 0.3) is 0 Å². The van der Waals surface area contributed by atoms with Crippen molar-refractivity contribution in [2.24, 2.45) is 0 Å². The van der Waals surface area contributed by atoms with Crippen LogP contribution in [0.2, 0.25) is 0 Å². The summed E-state index contributed by atoms with van der Waals surface area (Å²) < 4.78 is 34.2. The van der Waals surface area contributed by atoms with Crippen LogP contribution in [0, 0.1) is 25.2 Å². The second-order valence-corrected chi connectivity index (χ2v) is 13.0. The first-order valence-electron chi connectivity index (χ1n) is 16.2. The Labute approximate surface area is 285 Å². The largest absolute Gasteiger partial charge is 0.507 e. The van der Waals surface area contributed by atoms with Crippen molar-refractivity contribution in [3.8, 4) is 34.8 Å². The third kappa shape index (κ3) is 5.65. The number of amides is 2. The molecule has 2 aromatic carbocycles. The number of phenolic OH excluding ortho intramolecular Hbond substituents is 1. The molecule has 0 aliphatic carbocycles. The van der Waals surface area contributed by atoms with Gasteiger partial charge >= 0.3 is 6.09 Å². The van der Waals surface area contributed by atoms with Crippen molar-refractivity contribution in [3.63, 3.8) is 0 Å². The molecule has 4 heterocycles. The molecule has 0 spiro atoms. The van der Waals surface area contributed by atoms with Crippen molar-refractivity contribution in [1.29, 1.82) is 5.26 Å². The lowest BCUT2D eigenvalue weighted by Crippen LogP contribution is -2.69. The highest BCUT2D eigenvalue weighted by Gasteiger charge is 2.57. The number of aromatic hydroxyl groups is 1. The van der Waals surface area contributed by atoms with Gasteiger partial charge < -0.3 is 44.2 Å². The van der Waals surface area contributed by atoms with Crippen LogP contribution in [-0.2, 0) is 27.1 Å². The molecule has 2 amide bonds. The van der Waals surface area contributed by atoms with Crippen LogP contribution in [0.1, 0.15) is 59.3 Å². The van der Waals surface area contributed by atoms with Crippen LogP contribution >= 0.6 is 0 Å². The Balaban J connectivity index is 1.48. The summed E-state index contributed by atoms with van der Waals surface area (Å²) in [6.45, 7) is 10.4. The number of carbonyl (C=O) groups is 2. The van der Waals surface area contributed by atoms with E-state index in [-0.39, 0.29) is 49.8 Å². The molecule has 4 aliphatic rings. The number of alkyl carbamates (subject to hydrolysis) is 1. The number of benzene rings is 2. The number of ether oxygens (including phenoxy) is 6. The summed E-state index contributed by atoms with van der Waals surface area (Å²) in [6.07, 6.45) is 0.133. The van der Waals surface area contributed by atoms with E-state index >= 15 is 0 Å². The molecule has 3 N–H and O–H groups in total. The number of allylic oxidation sites excluding steroid dienone is 1. The van der Waals surface area contributed by atoms with Gasteiger partial charge in [0, 0.05) is 48.0 Å². The first kappa shape index (κ1) is 34.2. The summed E-state index contributed by atoms with van der Waals surface area (Å²) in [6, 6.07) is 1.66. The van der Waals surface area contributed by atoms with Crippen LogP contribution in [-0.4, -0.2) is 92.5 Å². The number of hydrogen-bond acceptors (Lipinski definition) is 12. The predicted molar refractivity (Wildman–Crippen MR) is 176 cm³/mol. The van der Waals surface area contributed by atoms with Crippen molar-refractivity contribution in [1.82, 2.24) is 20.4 Å². The van der Waals surface area contributed by atoms with Gasteiger partial charge in [-0.3, -0.25) is 14.6 Å². The van der Waals surface area contributed by atoms with Crippen molar-refractivity contribution < 1.29 is 43.1 Å². The Bertz CT molecular complexity index is 1740. The van der Waals surface area contributed by atoms with E-state index in [9.17, 15) is 20.0 Å². The lowest BCUT2D eigenvalue weighted by Gasteiger charge is -2.60. The number of rotatable bonds is 9. The van der Waals surface area contributed by atoms with Gasteiger partial charge in [-0.05, 0) is 58.7 Å². The number of carbonyl (C=O) groups excluding carboxylic acids is 2. The van der Waals surface area contributed by atoms with Gasteiger partial charge in [0.1, 0.15) is 17.8 Å². The number of hydrogen-bond donors (Lipinski definition) is 3. The van der Waals surface area contributed by atoms with Crippen molar-refractivity contribution in [2.75, 3.05) is 41.4 Å². The van der Waals surface area contributed by atoms with E-state index in [1.54, 1.807) is 28.1 Å². The van der Waals surface area contributed by atoms with Crippen molar-refractivity contribution >= 4 is 12.0 Å². The molecule has 4 unspecified atom stereocenters. The molecule has 6 rings (SSSR count). The number of fused-ring (bicyclic) bond motifs is 9. The quantitative estimate of drug-likeness (QED) is 0.263. The number of likely N-dealkylation sites (N-methyl/N-ethyl adjacent to an activating group) is 1. The van der Waals surface area contributed by atoms with Gasteiger partial charge in [-0.25, -0.2) is 4.79 Å². The van der Waals surface area contributed by atoms with E-state index in [0.717, 1.165) is 16.7 Å². The van der Waals surface area contributed by atoms with E-state index in [1.807, 2.05) is 14.0 Å². The summed E-state index contributed by atoms with van der Waals surface area (Å²) in [5, 5.41) is 28.1. The van der Waals surface area contributed by atoms with Gasteiger partial charge in [-0.2, -0.15) is 5.26 Å². The molecule has 0 saturated carbocycles. The molecular weight excluding hydrogens is 634 g/mol. The monoisotopic (exact) mass is 677 g/mol. The normalized spacial score (nSPS) is 24.0. The number of nitrogens with one attached hydrogen (secondary N) is 2. The minimum Gasteiger partial charge on any atom is -0.507 e. The second-order valence-electron chi connectivity index (χ2n) is 13.0. The fourth-order valence-corrected chi connectivity index (χ4v) is 8.06. The Morgan fingerprint density at radius 3 is 2.57 bits per heavy atom. The SMILES string of the molecule is C=C(C)OC(=O)NC(C)C(=O)NCC1c2c(c(O)c(C)c3c2OCO3)C[C@H]2C3c4c(cc(C)c(OC)c4OCOC)CC([C@H](C#N)N12)N3C. The van der Waals surface area contributed by atoms with Gasteiger partial charge in [0.05, 0.1) is 31.0 Å². The average molecular weight is 678 g/mol. The molecule has 0 radical (unpaired) electrons. The van der Waals surface area contributed by atoms with E-state index in [0.29, 0.717) is 52.5 Å². The van der Waals surface area contributed by atoms with Crippen LogP contribution < -0.4 is 29.6 Å². The maximum atomic E-state index is 13.4. The molecular formula is C35H43N5O9. The highest BCUT2D eigenvalue weighted by molar-refractivity contribution is 5.85. The Kier molecular flexibility index (Phi) is 9.27. The van der Waals surface area contributed by atoms with Crippen LogP contribution in [0.3, 0.4) is 0 Å². The molecule has 6 atom stereocenters. The highest BCUT2D eigenvalue weighted by atomic mass is 16.7. The van der Waals surface area contributed by atoms with Gasteiger partial charge in [-0.1, -0.05) is 12.6 Å². The molecule has 14 nitrogen and oxygen atoms in total. The number of methoxy groups -OCH3 is 2. The zero-order chi connectivity index (χ0) is 35.3. The smallest absolute Gasteiger partial charge is 0.412 e. The third-order valence-electron chi connectivity index (χ3n) is 10.1. The van der Waals surface area contributed by atoms with Gasteiger partial charge in [-0.15, -0.1) is 0 Å². The topological polar surface area (TPSA) is 164 Å². The summed E-state index contributed by atoms with van der Waals surface area (Å²) >= 11 is 0. The van der Waals surface area contributed by atoms with E-state index in [1.165, 1.54) is 6.92 Å². The maximum Gasteiger partial charge on any atom is 0.412 e. The zero-order valence-corrected chi connectivity index (χ0v) is 28.8. The van der Waals surface area contributed by atoms with Crippen LogP contribution in [0.4, 0.5) is 4.79 Å². The van der Waals surface area contributed by atoms with Crippen LogP contribution in [0.25, 0.3) is 0 Å². The molecule has 0 aromatic heterocycles. The Morgan fingerprint density at radius 2 is 1.90 bits per heavy atom. The summed E-state index contributed by atoms with van der Waals surface area (Å²) in [7, 11) is 5.18. The second kappa shape index (κ2) is 13.3. The van der Waals surface area contributed by atoms with E-state index in [2.05, 4.69) is 39.1 Å². The molecule has 1 saturated heterocycles. The number of phenols is 1. The minimum absolute atomic E-state index is 0.00833. The summed E-state index contributed by atoms with van der Waals surface area (Å²) in [4.78, 5) is 30.0. The molecule has 262 valence electrons. The minimum atomic E-state index is -0.941. The molecule has 2 aromatic rings. The first-order chi connectivity index (χ1) is 23.4. The fraction of sp³-hybridized carbons (Fsp3) is 0.514. The lowest BCUT2D eigenvalue weighted by molar-refractivity contribution is -0.123. The number of aryl methyl sites for hydroxylation is 1. The lowest BCUT2D eigenvalue weighted by atomic mass is 9.71. The Morgan fingerprint density at radius 1 is 1.16 bits per heavy atom. The number of piperazine rings is 1. The van der Waals surface area contributed by atoms with Crippen LogP contribution in [0.15, 0.2) is 18.4 Å². The fourth-order valence-electron chi connectivity index (χ4n) is 8.06. The number of nitriles is 1. The van der Waals surface area contributed by atoms with Crippen LogP contribution in [0.5, 0.6) is 28.7 Å².